The van der Waals surface area contributed by atoms with E-state index in [1.54, 1.807) is 6.92 Å². The number of hydrogen-bond donors (Lipinski definition) is 1. The summed E-state index contributed by atoms with van der Waals surface area (Å²) < 4.78 is 37.0. The van der Waals surface area contributed by atoms with Crippen molar-refractivity contribution in [2.75, 3.05) is 5.32 Å². The number of aryl methyl sites for hydroxylation is 1. The number of nitrogens with one attached hydrogen (secondary N) is 1. The van der Waals surface area contributed by atoms with Crippen LogP contribution in [0.5, 0.6) is 0 Å². The van der Waals surface area contributed by atoms with E-state index in [-0.39, 0.29) is 12.1 Å². The summed E-state index contributed by atoms with van der Waals surface area (Å²) >= 11 is 0. The molecule has 1 rings (SSSR count). The zero-order valence-electron chi connectivity index (χ0n) is 7.35. The lowest BCUT2D eigenvalue weighted by Gasteiger charge is -2.12. The highest BCUT2D eigenvalue weighted by Gasteiger charge is 2.33. The Kier molecular flexibility index (Phi) is 2.78. The van der Waals surface area contributed by atoms with E-state index in [0.717, 1.165) is 6.07 Å². The molecule has 0 aliphatic carbocycles. The summed E-state index contributed by atoms with van der Waals surface area (Å²) in [6.07, 6.45) is -4.22. The van der Waals surface area contributed by atoms with Crippen molar-refractivity contribution in [1.82, 2.24) is 0 Å². The Morgan fingerprint density at radius 1 is 1.36 bits per heavy atom. The van der Waals surface area contributed by atoms with Crippen LogP contribution in [0, 0.1) is 6.92 Å². The maximum absolute atomic E-state index is 12.3. The number of carbonyl (C=O) groups excluding carboxylic acids is 1. The van der Waals surface area contributed by atoms with Gasteiger partial charge in [0.2, 0.25) is 6.41 Å². The molecule has 1 aromatic rings. The summed E-state index contributed by atoms with van der Waals surface area (Å²) in [5.74, 6) is 0. The van der Waals surface area contributed by atoms with Crippen molar-refractivity contribution in [3.05, 3.63) is 29.3 Å². The van der Waals surface area contributed by atoms with Gasteiger partial charge in [0.1, 0.15) is 0 Å². The van der Waals surface area contributed by atoms with Gasteiger partial charge < -0.3 is 5.32 Å². The minimum atomic E-state index is -4.45. The Morgan fingerprint density at radius 3 is 2.50 bits per heavy atom. The average molecular weight is 203 g/mol. The quantitative estimate of drug-likeness (QED) is 0.735. The van der Waals surface area contributed by atoms with Crippen molar-refractivity contribution in [2.45, 2.75) is 13.1 Å². The first-order valence-electron chi connectivity index (χ1n) is 3.83. The van der Waals surface area contributed by atoms with Gasteiger partial charge in [-0.05, 0) is 24.6 Å². The van der Waals surface area contributed by atoms with Crippen LogP contribution in [0.2, 0.25) is 0 Å². The minimum absolute atomic E-state index is 0.215. The van der Waals surface area contributed by atoms with E-state index in [4.69, 9.17) is 0 Å². The van der Waals surface area contributed by atoms with E-state index < -0.39 is 11.7 Å². The van der Waals surface area contributed by atoms with E-state index in [2.05, 4.69) is 0 Å². The Morgan fingerprint density at radius 2 is 2.00 bits per heavy atom. The van der Waals surface area contributed by atoms with Gasteiger partial charge in [-0.1, -0.05) is 6.07 Å². The lowest BCUT2D eigenvalue weighted by molar-refractivity contribution is -0.136. The van der Waals surface area contributed by atoms with Crippen LogP contribution in [-0.4, -0.2) is 6.41 Å². The van der Waals surface area contributed by atoms with Gasteiger partial charge in [-0.15, -0.1) is 0 Å². The average Bonchev–Trinajstić information content (AvgIpc) is 2.02. The first-order chi connectivity index (χ1) is 6.45. The Balaban J connectivity index is 3.21. The highest BCUT2D eigenvalue weighted by atomic mass is 19.4. The van der Waals surface area contributed by atoms with Crippen molar-refractivity contribution in [3.63, 3.8) is 0 Å². The SMILES string of the molecule is Cc1ccc(C(F)(F)F)c(NC=O)c1. The van der Waals surface area contributed by atoms with Crippen LogP contribution in [-0.2, 0) is 11.0 Å². The van der Waals surface area contributed by atoms with Crippen LogP contribution in [0.1, 0.15) is 11.1 Å². The lowest BCUT2D eigenvalue weighted by atomic mass is 10.1. The molecule has 0 aliphatic rings. The number of alkyl halides is 3. The molecule has 0 radical (unpaired) electrons. The maximum Gasteiger partial charge on any atom is 0.418 e. The van der Waals surface area contributed by atoms with E-state index in [1.807, 2.05) is 5.32 Å². The number of amides is 1. The molecule has 0 saturated carbocycles. The zero-order valence-corrected chi connectivity index (χ0v) is 7.35. The standard InChI is InChI=1S/C9H8F3NO/c1-6-2-3-7(9(10,11)12)8(4-6)13-5-14/h2-5H,1H3,(H,13,14). The van der Waals surface area contributed by atoms with Gasteiger partial charge in [-0.25, -0.2) is 0 Å². The zero-order chi connectivity index (χ0) is 10.8. The molecule has 5 heteroatoms. The Labute approximate surface area is 78.7 Å². The first-order valence-corrected chi connectivity index (χ1v) is 3.83. The van der Waals surface area contributed by atoms with Crippen molar-refractivity contribution < 1.29 is 18.0 Å². The van der Waals surface area contributed by atoms with E-state index in [9.17, 15) is 18.0 Å². The van der Waals surface area contributed by atoms with Crippen LogP contribution in [0.3, 0.4) is 0 Å². The minimum Gasteiger partial charge on any atom is -0.328 e. The molecule has 0 heterocycles. The third-order valence-corrected chi connectivity index (χ3v) is 1.69. The highest BCUT2D eigenvalue weighted by molar-refractivity contribution is 5.74. The summed E-state index contributed by atoms with van der Waals surface area (Å²) in [4.78, 5) is 10.1. The second kappa shape index (κ2) is 3.69. The number of benzene rings is 1. The van der Waals surface area contributed by atoms with Gasteiger partial charge in [-0.2, -0.15) is 13.2 Å². The highest BCUT2D eigenvalue weighted by Crippen LogP contribution is 2.34. The molecule has 0 aromatic heterocycles. The monoisotopic (exact) mass is 203 g/mol. The molecule has 0 atom stereocenters. The van der Waals surface area contributed by atoms with Gasteiger partial charge in [-0.3, -0.25) is 4.79 Å². The summed E-state index contributed by atoms with van der Waals surface area (Å²) in [5, 5.41) is 2.02. The van der Waals surface area contributed by atoms with E-state index in [1.165, 1.54) is 12.1 Å². The van der Waals surface area contributed by atoms with Gasteiger partial charge in [0.15, 0.2) is 0 Å². The molecule has 2 nitrogen and oxygen atoms in total. The van der Waals surface area contributed by atoms with Crippen LogP contribution in [0.25, 0.3) is 0 Å². The fourth-order valence-corrected chi connectivity index (χ4v) is 1.09. The number of hydrogen-bond acceptors (Lipinski definition) is 1. The largest absolute Gasteiger partial charge is 0.418 e. The summed E-state index contributed by atoms with van der Waals surface area (Å²) in [5.41, 5.74) is -0.398. The van der Waals surface area contributed by atoms with Crippen LogP contribution in [0.4, 0.5) is 18.9 Å². The third-order valence-electron chi connectivity index (χ3n) is 1.69. The number of anilines is 1. The lowest BCUT2D eigenvalue weighted by Crippen LogP contribution is -2.10. The maximum atomic E-state index is 12.3. The van der Waals surface area contributed by atoms with Crippen molar-refractivity contribution in [2.24, 2.45) is 0 Å². The molecule has 0 saturated heterocycles. The van der Waals surface area contributed by atoms with Crippen LogP contribution < -0.4 is 5.32 Å². The van der Waals surface area contributed by atoms with Crippen molar-refractivity contribution in [3.8, 4) is 0 Å². The molecule has 14 heavy (non-hydrogen) atoms. The predicted octanol–water partition coefficient (Wildman–Crippen LogP) is 2.58. The summed E-state index contributed by atoms with van der Waals surface area (Å²) in [7, 11) is 0. The fraction of sp³-hybridized carbons (Fsp3) is 0.222. The smallest absolute Gasteiger partial charge is 0.328 e. The van der Waals surface area contributed by atoms with Gasteiger partial charge in [0, 0.05) is 0 Å². The molecule has 0 bridgehead atoms. The summed E-state index contributed by atoms with van der Waals surface area (Å²) in [6, 6.07) is 3.57. The van der Waals surface area contributed by atoms with Crippen LogP contribution in [0.15, 0.2) is 18.2 Å². The second-order valence-corrected chi connectivity index (χ2v) is 2.81. The van der Waals surface area contributed by atoms with Gasteiger partial charge in [0.25, 0.3) is 0 Å². The second-order valence-electron chi connectivity index (χ2n) is 2.81. The third kappa shape index (κ3) is 2.25. The Bertz CT molecular complexity index is 346. The molecule has 1 amide bonds. The van der Waals surface area contributed by atoms with Crippen molar-refractivity contribution >= 4 is 12.1 Å². The molecule has 76 valence electrons. The molecular weight excluding hydrogens is 195 g/mol. The predicted molar refractivity (Wildman–Crippen MR) is 45.9 cm³/mol. The van der Waals surface area contributed by atoms with E-state index in [0.29, 0.717) is 5.56 Å². The summed E-state index contributed by atoms with van der Waals surface area (Å²) in [6.45, 7) is 1.65. The van der Waals surface area contributed by atoms with Crippen LogP contribution >= 0.6 is 0 Å². The van der Waals surface area contributed by atoms with Gasteiger partial charge in [0.05, 0.1) is 11.3 Å². The molecule has 0 aliphatic heterocycles. The Hall–Kier alpha value is -1.52. The number of halogens is 3. The normalized spacial score (nSPS) is 11.1. The number of carbonyl (C=O) groups is 1. The first kappa shape index (κ1) is 10.6. The van der Waals surface area contributed by atoms with E-state index >= 15 is 0 Å². The molecule has 1 aromatic carbocycles. The molecule has 0 fully saturated rings. The van der Waals surface area contributed by atoms with Gasteiger partial charge >= 0.3 is 6.18 Å². The fourth-order valence-electron chi connectivity index (χ4n) is 1.09. The molecule has 0 unspecified atom stereocenters. The molecular formula is C9H8F3NO. The van der Waals surface area contributed by atoms with Crippen molar-refractivity contribution in [1.29, 1.82) is 0 Å². The number of rotatable bonds is 2. The molecule has 0 spiro atoms. The topological polar surface area (TPSA) is 29.1 Å². The molecule has 1 N–H and O–H groups in total.